The Morgan fingerprint density at radius 2 is 1.38 bits per heavy atom. The van der Waals surface area contributed by atoms with Crippen LogP contribution in [0.3, 0.4) is 0 Å². The Morgan fingerprint density at radius 1 is 0.851 bits per heavy atom. The Morgan fingerprint density at radius 3 is 1.89 bits per heavy atom. The SMILES string of the molecule is CC.CC.COc1ccc(CN(CCC(=O)NC=O)c2ccc(N3CCC(C4CCN(c5ccc(N)cc5)CC4)CC3)cc2C)cc1. The second-order valence-corrected chi connectivity index (χ2v) is 11.9. The van der Waals surface area contributed by atoms with E-state index in [2.05, 4.69) is 57.3 Å². The minimum absolute atomic E-state index is 0.239. The zero-order chi connectivity index (χ0) is 34.2. The molecule has 2 amide bonds. The summed E-state index contributed by atoms with van der Waals surface area (Å²) in [5.41, 5.74) is 12.6. The first-order chi connectivity index (χ1) is 22.9. The second kappa shape index (κ2) is 19.5. The van der Waals surface area contributed by atoms with E-state index in [4.69, 9.17) is 10.5 Å². The van der Waals surface area contributed by atoms with Crippen molar-refractivity contribution in [3.05, 3.63) is 77.9 Å². The van der Waals surface area contributed by atoms with Crippen LogP contribution < -0.4 is 30.5 Å². The van der Waals surface area contributed by atoms with Gasteiger partial charge in [0, 0.05) is 68.4 Å². The van der Waals surface area contributed by atoms with Crippen LogP contribution in [0.25, 0.3) is 0 Å². The van der Waals surface area contributed by atoms with Gasteiger partial charge in [-0.25, -0.2) is 0 Å². The molecule has 0 atom stereocenters. The number of hydrogen-bond acceptors (Lipinski definition) is 7. The highest BCUT2D eigenvalue weighted by Crippen LogP contribution is 2.36. The van der Waals surface area contributed by atoms with Gasteiger partial charge in [0.2, 0.25) is 12.3 Å². The Kier molecular flexibility index (Phi) is 15.4. The highest BCUT2D eigenvalue weighted by Gasteiger charge is 2.30. The van der Waals surface area contributed by atoms with E-state index in [9.17, 15) is 9.59 Å². The van der Waals surface area contributed by atoms with E-state index >= 15 is 0 Å². The Bertz CT molecular complexity index is 1350. The van der Waals surface area contributed by atoms with Crippen molar-refractivity contribution in [2.75, 3.05) is 60.3 Å². The van der Waals surface area contributed by atoms with Crippen LogP contribution in [0.5, 0.6) is 5.75 Å². The molecule has 0 aliphatic carbocycles. The van der Waals surface area contributed by atoms with Crippen molar-refractivity contribution in [3.8, 4) is 5.75 Å². The fourth-order valence-corrected chi connectivity index (χ4v) is 6.74. The van der Waals surface area contributed by atoms with E-state index < -0.39 is 0 Å². The highest BCUT2D eigenvalue weighted by atomic mass is 16.5. The average Bonchev–Trinajstić information content (AvgIpc) is 3.13. The smallest absolute Gasteiger partial charge is 0.228 e. The summed E-state index contributed by atoms with van der Waals surface area (Å²) in [6.45, 7) is 15.7. The number of carbonyl (C=O) groups excluding carboxylic acids is 2. The van der Waals surface area contributed by atoms with Crippen LogP contribution in [-0.2, 0) is 16.1 Å². The van der Waals surface area contributed by atoms with Crippen molar-refractivity contribution in [1.82, 2.24) is 5.32 Å². The number of aryl methyl sites for hydroxylation is 1. The largest absolute Gasteiger partial charge is 0.497 e. The Hall–Kier alpha value is -4.20. The number of amides is 2. The van der Waals surface area contributed by atoms with Crippen LogP contribution in [0.4, 0.5) is 22.7 Å². The van der Waals surface area contributed by atoms with Crippen molar-refractivity contribution in [1.29, 1.82) is 0 Å². The van der Waals surface area contributed by atoms with E-state index in [1.54, 1.807) is 7.11 Å². The molecule has 256 valence electrons. The number of ether oxygens (including phenoxy) is 1. The van der Waals surface area contributed by atoms with Gasteiger partial charge in [0.25, 0.3) is 0 Å². The van der Waals surface area contributed by atoms with Gasteiger partial charge in [-0.05, 0) is 110 Å². The summed E-state index contributed by atoms with van der Waals surface area (Å²) < 4.78 is 5.31. The molecule has 2 fully saturated rings. The van der Waals surface area contributed by atoms with Crippen molar-refractivity contribution in [2.24, 2.45) is 11.8 Å². The number of carbonyl (C=O) groups is 2. The third-order valence-electron chi connectivity index (χ3n) is 9.25. The number of hydrogen-bond donors (Lipinski definition) is 2. The normalized spacial score (nSPS) is 15.0. The van der Waals surface area contributed by atoms with Gasteiger partial charge in [0.05, 0.1) is 7.11 Å². The molecule has 0 bridgehead atoms. The van der Waals surface area contributed by atoms with Crippen LogP contribution in [0.1, 0.15) is 70.9 Å². The van der Waals surface area contributed by atoms with E-state index in [0.29, 0.717) is 19.5 Å². The number of nitrogens with zero attached hydrogens (tertiary/aromatic N) is 3. The van der Waals surface area contributed by atoms with Gasteiger partial charge < -0.3 is 25.2 Å². The summed E-state index contributed by atoms with van der Waals surface area (Å²) in [6, 6.07) is 23.0. The molecule has 2 aliphatic rings. The number of methoxy groups -OCH3 is 1. The topological polar surface area (TPSA) is 91.1 Å². The molecule has 0 saturated carbocycles. The molecule has 0 radical (unpaired) electrons. The first kappa shape index (κ1) is 37.3. The fraction of sp³-hybridized carbons (Fsp3) is 0.487. The molecule has 2 aliphatic heterocycles. The van der Waals surface area contributed by atoms with Gasteiger partial charge in [-0.15, -0.1) is 0 Å². The maximum Gasteiger partial charge on any atom is 0.228 e. The molecule has 2 saturated heterocycles. The quantitative estimate of drug-likeness (QED) is 0.166. The number of nitrogens with one attached hydrogen (secondary N) is 1. The third kappa shape index (κ3) is 10.7. The minimum atomic E-state index is -0.275. The van der Waals surface area contributed by atoms with Crippen LogP contribution in [-0.4, -0.2) is 52.2 Å². The van der Waals surface area contributed by atoms with Gasteiger partial charge in [0.1, 0.15) is 5.75 Å². The summed E-state index contributed by atoms with van der Waals surface area (Å²) >= 11 is 0. The molecule has 0 aromatic heterocycles. The lowest BCUT2D eigenvalue weighted by Crippen LogP contribution is -2.41. The molecule has 47 heavy (non-hydrogen) atoms. The highest BCUT2D eigenvalue weighted by molar-refractivity contribution is 5.86. The van der Waals surface area contributed by atoms with Gasteiger partial charge >= 0.3 is 0 Å². The lowest BCUT2D eigenvalue weighted by Gasteiger charge is -2.41. The molecule has 3 aromatic carbocycles. The average molecular weight is 644 g/mol. The zero-order valence-electron chi connectivity index (χ0n) is 29.5. The number of anilines is 4. The Balaban J connectivity index is 0.00000144. The fourth-order valence-electron chi connectivity index (χ4n) is 6.74. The summed E-state index contributed by atoms with van der Waals surface area (Å²) in [5.74, 6) is 2.14. The number of imide groups is 1. The predicted molar refractivity (Wildman–Crippen MR) is 197 cm³/mol. The van der Waals surface area contributed by atoms with E-state index in [0.717, 1.165) is 60.7 Å². The van der Waals surface area contributed by atoms with Crippen LogP contribution in [0.2, 0.25) is 0 Å². The first-order valence-electron chi connectivity index (χ1n) is 17.5. The van der Waals surface area contributed by atoms with Crippen LogP contribution in [0, 0.1) is 18.8 Å². The van der Waals surface area contributed by atoms with E-state index in [-0.39, 0.29) is 12.3 Å². The summed E-state index contributed by atoms with van der Waals surface area (Å²) in [6.07, 6.45) is 5.69. The number of benzene rings is 3. The Labute approximate surface area is 283 Å². The lowest BCUT2D eigenvalue weighted by atomic mass is 9.78. The van der Waals surface area contributed by atoms with Crippen LogP contribution in [0.15, 0.2) is 66.7 Å². The van der Waals surface area contributed by atoms with Gasteiger partial charge in [0.15, 0.2) is 0 Å². The number of rotatable bonds is 11. The lowest BCUT2D eigenvalue weighted by molar-refractivity contribution is -0.125. The van der Waals surface area contributed by atoms with Crippen molar-refractivity contribution in [2.45, 2.75) is 73.3 Å². The molecule has 0 unspecified atom stereocenters. The predicted octanol–water partition coefficient (Wildman–Crippen LogP) is 7.44. The molecule has 2 heterocycles. The first-order valence-corrected chi connectivity index (χ1v) is 17.5. The molecule has 8 nitrogen and oxygen atoms in total. The van der Waals surface area contributed by atoms with Crippen molar-refractivity contribution < 1.29 is 14.3 Å². The van der Waals surface area contributed by atoms with E-state index in [1.807, 2.05) is 64.1 Å². The summed E-state index contributed by atoms with van der Waals surface area (Å²) in [4.78, 5) is 30.1. The number of nitrogen functional groups attached to an aromatic ring is 1. The molecule has 3 N–H and O–H groups in total. The monoisotopic (exact) mass is 643 g/mol. The molecule has 5 rings (SSSR count). The van der Waals surface area contributed by atoms with E-state index in [1.165, 1.54) is 42.6 Å². The number of piperidine rings is 2. The maximum absolute atomic E-state index is 12.1. The summed E-state index contributed by atoms with van der Waals surface area (Å²) in [5, 5.41) is 2.26. The van der Waals surface area contributed by atoms with Gasteiger partial charge in [-0.3, -0.25) is 14.9 Å². The minimum Gasteiger partial charge on any atom is -0.497 e. The molecule has 0 spiro atoms. The maximum atomic E-state index is 12.1. The molecule has 3 aromatic rings. The zero-order valence-corrected chi connectivity index (χ0v) is 29.5. The second-order valence-electron chi connectivity index (χ2n) is 11.9. The molecular weight excluding hydrogens is 586 g/mol. The van der Waals surface area contributed by atoms with Gasteiger partial charge in [-0.2, -0.15) is 0 Å². The van der Waals surface area contributed by atoms with Crippen molar-refractivity contribution in [3.63, 3.8) is 0 Å². The molecule has 8 heteroatoms. The molecular formula is C39H57N5O3. The van der Waals surface area contributed by atoms with Crippen molar-refractivity contribution >= 4 is 35.1 Å². The van der Waals surface area contributed by atoms with Gasteiger partial charge in [-0.1, -0.05) is 39.8 Å². The standard InChI is InChI=1S/C35H45N5O3.2C2H6/c1-26-23-32(9-12-34(26)40(22-17-35(42)37-25-41)24-27-3-10-33(43-2)11-4-27)39-20-15-29(16-21-39)28-13-18-38(19-14-28)31-7-5-30(36)6-8-31;2*1-2/h3-12,23,25,28-29H,13-22,24,36H2,1-2H3,(H,37,41,42);2*1-2H3. The third-order valence-corrected chi connectivity index (χ3v) is 9.25. The number of nitrogens with two attached hydrogens (primary N) is 1. The van der Waals surface area contributed by atoms with Crippen LogP contribution >= 0.6 is 0 Å². The summed E-state index contributed by atoms with van der Waals surface area (Å²) in [7, 11) is 1.66.